The third kappa shape index (κ3) is 2.91. The molecule has 1 aromatic carbocycles. The molecule has 112 valence electrons. The molecule has 2 heteroatoms. The average molecular weight is 275 g/mol. The van der Waals surface area contributed by atoms with Gasteiger partial charge in [0.2, 0.25) is 0 Å². The number of aryl methyl sites for hydroxylation is 1. The van der Waals surface area contributed by atoms with Gasteiger partial charge in [0.15, 0.2) is 0 Å². The van der Waals surface area contributed by atoms with Crippen molar-refractivity contribution in [3.8, 4) is 0 Å². The molecule has 0 amide bonds. The Morgan fingerprint density at radius 2 is 1.85 bits per heavy atom. The summed E-state index contributed by atoms with van der Waals surface area (Å²) in [4.78, 5) is 0. The fourth-order valence-electron chi connectivity index (χ4n) is 3.69. The molecule has 2 rings (SSSR count). The monoisotopic (exact) mass is 275 g/mol. The van der Waals surface area contributed by atoms with Gasteiger partial charge in [-0.05, 0) is 55.6 Å². The molecule has 1 atom stereocenters. The summed E-state index contributed by atoms with van der Waals surface area (Å²) >= 11 is 0. The minimum Gasteiger partial charge on any atom is -0.388 e. The van der Waals surface area contributed by atoms with E-state index in [1.54, 1.807) is 0 Å². The van der Waals surface area contributed by atoms with Gasteiger partial charge in [0.25, 0.3) is 0 Å². The highest BCUT2D eigenvalue weighted by molar-refractivity contribution is 5.29. The summed E-state index contributed by atoms with van der Waals surface area (Å²) in [6.07, 6.45) is 4.04. The van der Waals surface area contributed by atoms with Gasteiger partial charge in [-0.1, -0.05) is 38.1 Å². The lowest BCUT2D eigenvalue weighted by atomic mass is 9.64. The van der Waals surface area contributed by atoms with E-state index in [4.69, 9.17) is 5.73 Å². The van der Waals surface area contributed by atoms with E-state index in [-0.39, 0.29) is 5.41 Å². The van der Waals surface area contributed by atoms with E-state index in [1.165, 1.54) is 18.4 Å². The first-order chi connectivity index (χ1) is 9.50. The van der Waals surface area contributed by atoms with Crippen LogP contribution in [0.1, 0.15) is 56.8 Å². The molecule has 1 fully saturated rings. The Balaban J connectivity index is 2.18. The first-order valence-corrected chi connectivity index (χ1v) is 7.94. The van der Waals surface area contributed by atoms with Crippen LogP contribution in [0.5, 0.6) is 0 Å². The fraction of sp³-hybridized carbons (Fsp3) is 0.667. The molecule has 0 aromatic heterocycles. The van der Waals surface area contributed by atoms with Crippen LogP contribution in [0.15, 0.2) is 24.3 Å². The zero-order valence-electron chi connectivity index (χ0n) is 13.1. The maximum Gasteiger partial charge on any atom is 0.0860 e. The predicted octanol–water partition coefficient (Wildman–Crippen LogP) is 3.82. The number of rotatable bonds is 4. The molecular formula is C18H29NO. The molecule has 0 aliphatic heterocycles. The Kier molecular flexibility index (Phi) is 4.87. The molecule has 0 saturated heterocycles. The first kappa shape index (κ1) is 15.5. The number of aliphatic hydroxyl groups is 1. The Morgan fingerprint density at radius 1 is 1.25 bits per heavy atom. The van der Waals surface area contributed by atoms with Gasteiger partial charge in [0.1, 0.15) is 0 Å². The van der Waals surface area contributed by atoms with Gasteiger partial charge in [-0.25, -0.2) is 0 Å². The smallest absolute Gasteiger partial charge is 0.0860 e. The van der Waals surface area contributed by atoms with Crippen molar-refractivity contribution in [2.75, 3.05) is 6.54 Å². The lowest BCUT2D eigenvalue weighted by molar-refractivity contribution is -0.0151. The topological polar surface area (TPSA) is 46.2 Å². The van der Waals surface area contributed by atoms with Gasteiger partial charge >= 0.3 is 0 Å². The maximum atomic E-state index is 10.9. The second-order valence-electron chi connectivity index (χ2n) is 6.91. The van der Waals surface area contributed by atoms with Gasteiger partial charge in [0.05, 0.1) is 6.10 Å². The van der Waals surface area contributed by atoms with Gasteiger partial charge < -0.3 is 10.8 Å². The molecule has 1 aromatic rings. The zero-order chi connectivity index (χ0) is 14.8. The van der Waals surface area contributed by atoms with E-state index in [1.807, 2.05) is 18.2 Å². The van der Waals surface area contributed by atoms with Crippen molar-refractivity contribution >= 4 is 0 Å². The molecule has 3 N–H and O–H groups in total. The summed E-state index contributed by atoms with van der Waals surface area (Å²) in [6.45, 7) is 7.26. The largest absolute Gasteiger partial charge is 0.388 e. The summed E-state index contributed by atoms with van der Waals surface area (Å²) in [5.74, 6) is 1.53. The van der Waals surface area contributed by atoms with Crippen molar-refractivity contribution in [2.24, 2.45) is 23.0 Å². The highest BCUT2D eigenvalue weighted by Gasteiger charge is 2.41. The number of hydrogen-bond acceptors (Lipinski definition) is 2. The molecular weight excluding hydrogens is 246 g/mol. The minimum atomic E-state index is -0.429. The highest BCUT2D eigenvalue weighted by Crippen LogP contribution is 2.48. The molecule has 1 aliphatic carbocycles. The van der Waals surface area contributed by atoms with Crippen molar-refractivity contribution in [2.45, 2.75) is 52.6 Å². The van der Waals surface area contributed by atoms with Crippen LogP contribution in [0.4, 0.5) is 0 Å². The molecule has 1 unspecified atom stereocenters. The predicted molar refractivity (Wildman–Crippen MR) is 84.4 cm³/mol. The van der Waals surface area contributed by atoms with Crippen LogP contribution < -0.4 is 5.73 Å². The zero-order valence-corrected chi connectivity index (χ0v) is 13.1. The highest BCUT2D eigenvalue weighted by atomic mass is 16.3. The summed E-state index contributed by atoms with van der Waals surface area (Å²) in [5, 5.41) is 10.9. The quantitative estimate of drug-likeness (QED) is 0.877. The second kappa shape index (κ2) is 6.28. The van der Waals surface area contributed by atoms with Crippen molar-refractivity contribution < 1.29 is 5.11 Å². The van der Waals surface area contributed by atoms with Crippen molar-refractivity contribution in [3.63, 3.8) is 0 Å². The van der Waals surface area contributed by atoms with Crippen LogP contribution in [-0.2, 0) is 0 Å². The molecule has 20 heavy (non-hydrogen) atoms. The maximum absolute atomic E-state index is 10.9. The third-order valence-corrected chi connectivity index (χ3v) is 5.44. The normalized spacial score (nSPS) is 28.6. The van der Waals surface area contributed by atoms with E-state index >= 15 is 0 Å². The minimum absolute atomic E-state index is 0.127. The summed E-state index contributed by atoms with van der Waals surface area (Å²) in [6, 6.07) is 8.15. The van der Waals surface area contributed by atoms with Crippen LogP contribution in [0, 0.1) is 24.2 Å². The molecule has 2 nitrogen and oxygen atoms in total. The van der Waals surface area contributed by atoms with Crippen molar-refractivity contribution in [1.29, 1.82) is 0 Å². The van der Waals surface area contributed by atoms with Gasteiger partial charge in [0, 0.05) is 12.0 Å². The Labute approximate surface area is 123 Å². The fourth-order valence-corrected chi connectivity index (χ4v) is 3.69. The van der Waals surface area contributed by atoms with Gasteiger partial charge in [-0.15, -0.1) is 0 Å². The Bertz CT molecular complexity index is 433. The van der Waals surface area contributed by atoms with Gasteiger partial charge in [-0.3, -0.25) is 0 Å². The van der Waals surface area contributed by atoms with E-state index in [0.717, 1.165) is 30.2 Å². The molecule has 0 bridgehead atoms. The number of benzene rings is 1. The van der Waals surface area contributed by atoms with E-state index in [2.05, 4.69) is 26.8 Å². The van der Waals surface area contributed by atoms with E-state index in [0.29, 0.717) is 6.54 Å². The average Bonchev–Trinajstić information content (AvgIpc) is 2.47. The van der Waals surface area contributed by atoms with Gasteiger partial charge in [-0.2, -0.15) is 0 Å². The van der Waals surface area contributed by atoms with Crippen molar-refractivity contribution in [1.82, 2.24) is 0 Å². The van der Waals surface area contributed by atoms with Crippen LogP contribution in [0.3, 0.4) is 0 Å². The standard InChI is InChI=1S/C18H29NO/c1-13(2)15-8-10-18(12-19,11-9-15)17(20)16-7-5-4-6-14(16)3/h4-7,13,15,17,20H,8-12,19H2,1-3H3. The second-order valence-corrected chi connectivity index (χ2v) is 6.91. The molecule has 1 aliphatic rings. The van der Waals surface area contributed by atoms with E-state index in [9.17, 15) is 5.11 Å². The number of nitrogens with two attached hydrogens (primary N) is 1. The lowest BCUT2D eigenvalue weighted by Crippen LogP contribution is -2.41. The molecule has 0 radical (unpaired) electrons. The molecule has 0 spiro atoms. The molecule has 1 saturated carbocycles. The summed E-state index contributed by atoms with van der Waals surface area (Å²) < 4.78 is 0. The third-order valence-electron chi connectivity index (χ3n) is 5.44. The van der Waals surface area contributed by atoms with Crippen LogP contribution >= 0.6 is 0 Å². The van der Waals surface area contributed by atoms with Crippen molar-refractivity contribution in [3.05, 3.63) is 35.4 Å². The van der Waals surface area contributed by atoms with E-state index < -0.39 is 6.10 Å². The number of hydrogen-bond donors (Lipinski definition) is 2. The summed E-state index contributed by atoms with van der Waals surface area (Å²) in [5.41, 5.74) is 8.18. The van der Waals surface area contributed by atoms with Crippen LogP contribution in [0.25, 0.3) is 0 Å². The first-order valence-electron chi connectivity index (χ1n) is 7.94. The number of aliphatic hydroxyl groups excluding tert-OH is 1. The summed E-state index contributed by atoms with van der Waals surface area (Å²) in [7, 11) is 0. The Hall–Kier alpha value is -0.860. The molecule has 0 heterocycles. The SMILES string of the molecule is Cc1ccccc1C(O)C1(CN)CCC(C(C)C)CC1. The van der Waals surface area contributed by atoms with Crippen LogP contribution in [0.2, 0.25) is 0 Å². The van der Waals surface area contributed by atoms with Crippen LogP contribution in [-0.4, -0.2) is 11.7 Å². The Morgan fingerprint density at radius 3 is 2.35 bits per heavy atom. The lowest BCUT2D eigenvalue weighted by Gasteiger charge is -2.44.